The summed E-state index contributed by atoms with van der Waals surface area (Å²) in [6, 6.07) is 50.1. The molecule has 7 nitrogen and oxygen atoms in total. The van der Waals surface area contributed by atoms with Crippen LogP contribution in [-0.4, -0.2) is 43.2 Å². The minimum absolute atomic E-state index is 0.0863. The quantitative estimate of drug-likeness (QED) is 0.0593. The smallest absolute Gasteiger partial charge is 0.169 e. The van der Waals surface area contributed by atoms with Gasteiger partial charge in [0.2, 0.25) is 0 Å². The van der Waals surface area contributed by atoms with Gasteiger partial charge in [-0.25, -0.2) is 15.0 Å². The monoisotopic (exact) mass is 787 g/mol. The molecule has 8 heteroatoms. The Morgan fingerprint density at radius 1 is 0.393 bits per heavy atom. The molecule has 2 radical (unpaired) electrons. The zero-order chi connectivity index (χ0) is 41.5. The fourth-order valence-corrected chi connectivity index (χ4v) is 9.12. The SMILES string of the molecule is [B]c1c2c(c(C)c(O)c1-c1nc(-c3cccc(-c4ccccc4)c3)nc(-c3ccc4ccc5c6ccccc6ccc5c4c3)n1)-c1c(O)c(-c3ccccc3)c(O)c(O)c1C2. The second kappa shape index (κ2) is 13.8. The first kappa shape index (κ1) is 36.1. The van der Waals surface area contributed by atoms with Gasteiger partial charge in [-0.2, -0.15) is 0 Å². The van der Waals surface area contributed by atoms with Crippen molar-refractivity contribution in [1.29, 1.82) is 0 Å². The highest BCUT2D eigenvalue weighted by molar-refractivity contribution is 6.38. The third-order valence-electron chi connectivity index (χ3n) is 12.1. The first-order chi connectivity index (χ1) is 29.7. The molecule has 0 fully saturated rings. The van der Waals surface area contributed by atoms with Crippen LogP contribution in [0, 0.1) is 6.92 Å². The molecule has 0 bridgehead atoms. The highest BCUT2D eigenvalue weighted by Gasteiger charge is 2.35. The highest BCUT2D eigenvalue weighted by Crippen LogP contribution is 2.57. The van der Waals surface area contributed by atoms with Crippen LogP contribution in [0.4, 0.5) is 0 Å². The minimum atomic E-state index is -0.434. The van der Waals surface area contributed by atoms with E-state index in [2.05, 4.69) is 54.6 Å². The first-order valence-electron chi connectivity index (χ1n) is 20.0. The van der Waals surface area contributed by atoms with Crippen LogP contribution in [-0.2, 0) is 6.42 Å². The van der Waals surface area contributed by atoms with Gasteiger partial charge in [-0.15, -0.1) is 0 Å². The largest absolute Gasteiger partial charge is 0.507 e. The summed E-state index contributed by atoms with van der Waals surface area (Å²) in [5.74, 6) is -0.251. The molecule has 0 saturated carbocycles. The van der Waals surface area contributed by atoms with Crippen LogP contribution in [0.5, 0.6) is 23.0 Å². The maximum Gasteiger partial charge on any atom is 0.169 e. The van der Waals surface area contributed by atoms with Gasteiger partial charge in [0.05, 0.1) is 11.1 Å². The molecule has 4 N–H and O–H groups in total. The number of rotatable bonds is 5. The maximum atomic E-state index is 12.2. The van der Waals surface area contributed by atoms with Crippen LogP contribution in [0.15, 0.2) is 152 Å². The molecule has 61 heavy (non-hydrogen) atoms. The molecule has 0 saturated heterocycles. The molecule has 0 amide bonds. The van der Waals surface area contributed by atoms with E-state index < -0.39 is 5.75 Å². The Labute approximate surface area is 352 Å². The van der Waals surface area contributed by atoms with Crippen LogP contribution in [0.1, 0.15) is 16.7 Å². The Morgan fingerprint density at radius 2 is 0.967 bits per heavy atom. The van der Waals surface area contributed by atoms with E-state index in [0.29, 0.717) is 45.0 Å². The third-order valence-corrected chi connectivity index (χ3v) is 12.1. The Hall–Kier alpha value is -7.97. The first-order valence-corrected chi connectivity index (χ1v) is 20.0. The number of nitrogens with zero attached hydrogens (tertiary/aromatic N) is 3. The summed E-state index contributed by atoms with van der Waals surface area (Å²) < 4.78 is 0. The van der Waals surface area contributed by atoms with Gasteiger partial charge in [0.1, 0.15) is 19.3 Å². The number of benzene rings is 9. The Balaban J connectivity index is 1.13. The Kier molecular flexibility index (Phi) is 8.19. The molecule has 1 aromatic heterocycles. The molecule has 1 heterocycles. The Morgan fingerprint density at radius 3 is 1.70 bits per heavy atom. The van der Waals surface area contributed by atoms with E-state index in [-0.39, 0.29) is 46.1 Å². The summed E-state index contributed by atoms with van der Waals surface area (Å²) in [5, 5.41) is 53.4. The molecule has 1 aliphatic carbocycles. The van der Waals surface area contributed by atoms with Crippen LogP contribution >= 0.6 is 0 Å². The lowest BCUT2D eigenvalue weighted by molar-refractivity contribution is 0.396. The van der Waals surface area contributed by atoms with Crippen molar-refractivity contribution in [1.82, 2.24) is 15.0 Å². The van der Waals surface area contributed by atoms with E-state index in [1.807, 2.05) is 72.8 Å². The number of phenols is 4. The van der Waals surface area contributed by atoms with E-state index in [4.69, 9.17) is 22.8 Å². The predicted octanol–water partition coefficient (Wildman–Crippen LogP) is 11.2. The summed E-state index contributed by atoms with van der Waals surface area (Å²) in [6.45, 7) is 1.74. The molecular formula is C53H34BN3O4. The molecule has 288 valence electrons. The van der Waals surface area contributed by atoms with Gasteiger partial charge in [-0.05, 0) is 84.8 Å². The van der Waals surface area contributed by atoms with E-state index in [0.717, 1.165) is 43.8 Å². The van der Waals surface area contributed by atoms with Crippen molar-refractivity contribution in [3.8, 4) is 90.5 Å². The van der Waals surface area contributed by atoms with Crippen molar-refractivity contribution in [3.05, 3.63) is 168 Å². The van der Waals surface area contributed by atoms with Crippen molar-refractivity contribution >= 4 is 45.6 Å². The lowest BCUT2D eigenvalue weighted by Crippen LogP contribution is -2.17. The average molecular weight is 788 g/mol. The van der Waals surface area contributed by atoms with Crippen molar-refractivity contribution in [2.45, 2.75) is 13.3 Å². The van der Waals surface area contributed by atoms with E-state index in [1.165, 1.54) is 10.8 Å². The highest BCUT2D eigenvalue weighted by atomic mass is 16.3. The number of hydrogen-bond acceptors (Lipinski definition) is 7. The fourth-order valence-electron chi connectivity index (χ4n) is 9.12. The molecule has 0 spiro atoms. The van der Waals surface area contributed by atoms with Gasteiger partial charge in [-0.1, -0.05) is 145 Å². The molecule has 11 rings (SSSR count). The predicted molar refractivity (Wildman–Crippen MR) is 245 cm³/mol. The zero-order valence-electron chi connectivity index (χ0n) is 32.8. The van der Waals surface area contributed by atoms with Crippen LogP contribution in [0.3, 0.4) is 0 Å². The average Bonchev–Trinajstić information content (AvgIpc) is 3.72. The zero-order valence-corrected chi connectivity index (χ0v) is 32.8. The molecule has 0 unspecified atom stereocenters. The summed E-state index contributed by atoms with van der Waals surface area (Å²) in [5.41, 5.74) is 6.59. The van der Waals surface area contributed by atoms with Crippen molar-refractivity contribution in [3.63, 3.8) is 0 Å². The maximum absolute atomic E-state index is 12.2. The van der Waals surface area contributed by atoms with E-state index in [1.54, 1.807) is 31.2 Å². The number of fused-ring (bicyclic) bond motifs is 8. The van der Waals surface area contributed by atoms with Gasteiger partial charge < -0.3 is 20.4 Å². The van der Waals surface area contributed by atoms with Crippen molar-refractivity contribution in [2.75, 3.05) is 0 Å². The van der Waals surface area contributed by atoms with Gasteiger partial charge in [0, 0.05) is 28.7 Å². The fraction of sp³-hybridized carbons (Fsp3) is 0.0377. The summed E-state index contributed by atoms with van der Waals surface area (Å²) in [4.78, 5) is 15.2. The second-order valence-electron chi connectivity index (χ2n) is 15.6. The normalized spacial score (nSPS) is 12.0. The van der Waals surface area contributed by atoms with Gasteiger partial charge in [0.15, 0.2) is 29.0 Å². The lowest BCUT2D eigenvalue weighted by atomic mass is 9.80. The number of aromatic nitrogens is 3. The molecule has 10 aromatic rings. The summed E-state index contributed by atoms with van der Waals surface area (Å²) in [7, 11) is 7.08. The van der Waals surface area contributed by atoms with Crippen molar-refractivity contribution < 1.29 is 20.4 Å². The second-order valence-corrected chi connectivity index (χ2v) is 15.6. The minimum Gasteiger partial charge on any atom is -0.507 e. The summed E-state index contributed by atoms with van der Waals surface area (Å²) >= 11 is 0. The number of hydrogen-bond donors (Lipinski definition) is 4. The van der Waals surface area contributed by atoms with Gasteiger partial charge in [0.25, 0.3) is 0 Å². The molecule has 9 aromatic carbocycles. The standard InChI is InChI=1S/C53H34BN3O4/c1-28-42-40(27-41-44(42)49(60)43(50(61)48(41)59)32-14-6-3-7-15-32)46(54)45(47(28)58)53-56-51(34-17-10-16-33(25-34)29-11-4-2-5-12-29)55-52(57-53)35-20-19-31-22-23-37-36-18-9-8-13-30(36)21-24-38(37)39(31)26-35/h2-26,58-61H,27H2,1H3. The number of phenolic OH excluding ortho intramolecular Hbond substituents is 4. The van der Waals surface area contributed by atoms with Crippen molar-refractivity contribution in [2.24, 2.45) is 0 Å². The lowest BCUT2D eigenvalue weighted by Gasteiger charge is -2.19. The van der Waals surface area contributed by atoms with E-state index in [9.17, 15) is 20.4 Å². The molecule has 0 aliphatic heterocycles. The van der Waals surface area contributed by atoms with E-state index >= 15 is 0 Å². The topological polar surface area (TPSA) is 120 Å². The number of aromatic hydroxyl groups is 4. The van der Waals surface area contributed by atoms with Crippen LogP contribution in [0.2, 0.25) is 0 Å². The van der Waals surface area contributed by atoms with Gasteiger partial charge >= 0.3 is 0 Å². The third kappa shape index (κ3) is 5.64. The van der Waals surface area contributed by atoms with Crippen LogP contribution in [0.25, 0.3) is 99.9 Å². The van der Waals surface area contributed by atoms with Crippen LogP contribution < -0.4 is 5.46 Å². The Bertz CT molecular complexity index is 3460. The van der Waals surface area contributed by atoms with Gasteiger partial charge in [-0.3, -0.25) is 0 Å². The molecular weight excluding hydrogens is 753 g/mol. The molecule has 0 atom stereocenters. The molecule has 1 aliphatic rings. The summed E-state index contributed by atoms with van der Waals surface area (Å²) in [6.07, 6.45) is 0.0863.